The van der Waals surface area contributed by atoms with Gasteiger partial charge in [0, 0.05) is 18.8 Å². The van der Waals surface area contributed by atoms with E-state index in [9.17, 15) is 4.79 Å². The fourth-order valence-corrected chi connectivity index (χ4v) is 3.75. The van der Waals surface area contributed by atoms with Crippen LogP contribution in [0.15, 0.2) is 43.0 Å². The summed E-state index contributed by atoms with van der Waals surface area (Å²) in [6, 6.07) is 5.32. The predicted octanol–water partition coefficient (Wildman–Crippen LogP) is 3.35. The van der Waals surface area contributed by atoms with Crippen molar-refractivity contribution in [3.63, 3.8) is 0 Å². The summed E-state index contributed by atoms with van der Waals surface area (Å²) in [4.78, 5) is 18.3. The Morgan fingerprint density at radius 2 is 1.96 bits per heavy atom. The van der Waals surface area contributed by atoms with Crippen molar-refractivity contribution in [1.82, 2.24) is 19.7 Å². The van der Waals surface area contributed by atoms with Gasteiger partial charge in [-0.15, -0.1) is 0 Å². The second-order valence-electron chi connectivity index (χ2n) is 6.30. The lowest BCUT2D eigenvalue weighted by Crippen LogP contribution is -2.33. The molecule has 1 N–H and O–H groups in total. The molecule has 124 valence electrons. The van der Waals surface area contributed by atoms with Crippen molar-refractivity contribution in [1.29, 1.82) is 0 Å². The molecule has 2 atom stereocenters. The lowest BCUT2D eigenvalue weighted by Gasteiger charge is -2.17. The topological polar surface area (TPSA) is 63.1 Å². The fraction of sp³-hybridized carbons (Fsp3) is 0.353. The van der Waals surface area contributed by atoms with E-state index >= 15 is 0 Å². The Labute approximate surface area is 145 Å². The lowest BCUT2D eigenvalue weighted by molar-refractivity contribution is 0.220. The minimum atomic E-state index is -0.0611. The number of anilines is 1. The predicted molar refractivity (Wildman–Crippen MR) is 92.3 cm³/mol. The van der Waals surface area contributed by atoms with Crippen LogP contribution in [0.25, 0.3) is 5.69 Å². The molecule has 24 heavy (non-hydrogen) atoms. The van der Waals surface area contributed by atoms with Gasteiger partial charge in [-0.2, -0.15) is 5.10 Å². The molecule has 1 aromatic carbocycles. The summed E-state index contributed by atoms with van der Waals surface area (Å²) < 4.78 is 1.59. The molecule has 0 spiro atoms. The van der Waals surface area contributed by atoms with Gasteiger partial charge in [0.2, 0.25) is 0 Å². The number of amides is 2. The maximum Gasteiger partial charge on any atom is 0.321 e. The minimum Gasteiger partial charge on any atom is -0.324 e. The summed E-state index contributed by atoms with van der Waals surface area (Å²) in [5.74, 6) is 1.19. The molecule has 2 aromatic rings. The van der Waals surface area contributed by atoms with Crippen molar-refractivity contribution >= 4 is 23.3 Å². The van der Waals surface area contributed by atoms with Gasteiger partial charge < -0.3 is 10.2 Å². The highest BCUT2D eigenvalue weighted by molar-refractivity contribution is 6.32. The molecule has 2 unspecified atom stereocenters. The fourth-order valence-electron chi connectivity index (χ4n) is 3.49. The van der Waals surface area contributed by atoms with E-state index in [4.69, 9.17) is 11.6 Å². The number of likely N-dealkylation sites (tertiary alicyclic amines) is 1. The third-order valence-electron chi connectivity index (χ3n) is 4.77. The van der Waals surface area contributed by atoms with Crippen LogP contribution in [0.4, 0.5) is 10.5 Å². The molecule has 2 heterocycles. The van der Waals surface area contributed by atoms with Crippen LogP contribution in [0.3, 0.4) is 0 Å². The lowest BCUT2D eigenvalue weighted by atomic mass is 9.86. The maximum atomic E-state index is 12.5. The maximum absolute atomic E-state index is 12.5. The molecule has 1 fully saturated rings. The Kier molecular flexibility index (Phi) is 3.98. The number of hydrogen-bond acceptors (Lipinski definition) is 3. The van der Waals surface area contributed by atoms with Crippen molar-refractivity contribution in [2.45, 2.75) is 12.8 Å². The van der Waals surface area contributed by atoms with Gasteiger partial charge in [0.25, 0.3) is 0 Å². The number of carbonyl (C=O) groups is 1. The van der Waals surface area contributed by atoms with Crippen molar-refractivity contribution in [2.75, 3.05) is 18.4 Å². The molecular weight excluding hydrogens is 326 g/mol. The zero-order valence-electron chi connectivity index (χ0n) is 13.1. The Morgan fingerprint density at radius 1 is 1.21 bits per heavy atom. The molecule has 7 heteroatoms. The van der Waals surface area contributed by atoms with E-state index in [1.807, 2.05) is 17.0 Å². The van der Waals surface area contributed by atoms with E-state index in [0.717, 1.165) is 31.6 Å². The molecule has 1 aliphatic carbocycles. The average Bonchev–Trinajstić information content (AvgIpc) is 3.24. The molecule has 0 saturated carbocycles. The van der Waals surface area contributed by atoms with E-state index in [1.54, 1.807) is 17.1 Å². The Hall–Kier alpha value is -2.34. The molecule has 6 nitrogen and oxygen atoms in total. The zero-order chi connectivity index (χ0) is 16.5. The van der Waals surface area contributed by atoms with Gasteiger partial charge in [-0.1, -0.05) is 23.8 Å². The van der Waals surface area contributed by atoms with E-state index < -0.39 is 0 Å². The average molecular weight is 344 g/mol. The molecule has 2 aliphatic rings. The third kappa shape index (κ3) is 2.89. The summed E-state index contributed by atoms with van der Waals surface area (Å²) in [5.41, 5.74) is 1.41. The third-order valence-corrected chi connectivity index (χ3v) is 5.08. The molecule has 1 saturated heterocycles. The standard InChI is InChI=1S/C17H18ClN5O/c18-15-7-14(5-6-16(15)23-11-19-10-20-23)21-17(24)22-8-12-3-1-2-4-13(12)9-22/h1-2,5-7,10-13H,3-4,8-9H2,(H,21,24). The van der Waals surface area contributed by atoms with Crippen LogP contribution < -0.4 is 5.32 Å². The van der Waals surface area contributed by atoms with Crippen molar-refractivity contribution in [2.24, 2.45) is 11.8 Å². The Morgan fingerprint density at radius 3 is 2.58 bits per heavy atom. The molecule has 0 bridgehead atoms. The minimum absolute atomic E-state index is 0.0611. The number of halogens is 1. The number of allylic oxidation sites excluding steroid dienone is 2. The van der Waals surface area contributed by atoms with Gasteiger partial charge >= 0.3 is 6.03 Å². The van der Waals surface area contributed by atoms with Crippen LogP contribution in [0.2, 0.25) is 5.02 Å². The van der Waals surface area contributed by atoms with Crippen molar-refractivity contribution < 1.29 is 4.79 Å². The van der Waals surface area contributed by atoms with Crippen LogP contribution in [0.1, 0.15) is 12.8 Å². The van der Waals surface area contributed by atoms with E-state index in [2.05, 4.69) is 27.6 Å². The SMILES string of the molecule is O=C(Nc1ccc(-n2cncn2)c(Cl)c1)N1CC2CC=CCC2C1. The first kappa shape index (κ1) is 15.2. The first-order chi connectivity index (χ1) is 11.7. The van der Waals surface area contributed by atoms with Gasteiger partial charge in [0.15, 0.2) is 0 Å². The highest BCUT2D eigenvalue weighted by Crippen LogP contribution is 2.33. The second kappa shape index (κ2) is 6.28. The van der Waals surface area contributed by atoms with Crippen LogP contribution in [0, 0.1) is 11.8 Å². The number of nitrogens with one attached hydrogen (secondary N) is 1. The van der Waals surface area contributed by atoms with Gasteiger partial charge in [-0.05, 0) is 42.9 Å². The van der Waals surface area contributed by atoms with E-state index in [-0.39, 0.29) is 6.03 Å². The summed E-state index contributed by atoms with van der Waals surface area (Å²) in [7, 11) is 0. The monoisotopic (exact) mass is 343 g/mol. The van der Waals surface area contributed by atoms with Gasteiger partial charge in [-0.25, -0.2) is 14.5 Å². The summed E-state index contributed by atoms with van der Waals surface area (Å²) >= 11 is 6.30. The van der Waals surface area contributed by atoms with Gasteiger partial charge in [-0.3, -0.25) is 0 Å². The van der Waals surface area contributed by atoms with Crippen LogP contribution in [-0.2, 0) is 0 Å². The van der Waals surface area contributed by atoms with Crippen LogP contribution in [-0.4, -0.2) is 38.8 Å². The van der Waals surface area contributed by atoms with Crippen molar-refractivity contribution in [3.05, 3.63) is 48.0 Å². The molecule has 4 rings (SSSR count). The number of benzene rings is 1. The smallest absolute Gasteiger partial charge is 0.321 e. The largest absolute Gasteiger partial charge is 0.324 e. The number of carbonyl (C=O) groups excluding carboxylic acids is 1. The highest BCUT2D eigenvalue weighted by Gasteiger charge is 2.35. The van der Waals surface area contributed by atoms with E-state index in [1.165, 1.54) is 6.33 Å². The number of urea groups is 1. The Bertz CT molecular complexity index is 757. The van der Waals surface area contributed by atoms with Gasteiger partial charge in [0.1, 0.15) is 12.7 Å². The van der Waals surface area contributed by atoms with Crippen LogP contribution in [0.5, 0.6) is 0 Å². The zero-order valence-corrected chi connectivity index (χ0v) is 13.9. The first-order valence-corrected chi connectivity index (χ1v) is 8.44. The molecular formula is C17H18ClN5O. The normalized spacial score (nSPS) is 22.5. The van der Waals surface area contributed by atoms with Gasteiger partial charge in [0.05, 0.1) is 10.7 Å². The summed E-state index contributed by atoms with van der Waals surface area (Å²) in [5, 5.41) is 7.52. The summed E-state index contributed by atoms with van der Waals surface area (Å²) in [6.07, 6.45) is 9.64. The number of rotatable bonds is 2. The van der Waals surface area contributed by atoms with E-state index in [0.29, 0.717) is 22.5 Å². The second-order valence-corrected chi connectivity index (χ2v) is 6.71. The molecule has 1 aromatic heterocycles. The number of nitrogens with zero attached hydrogens (tertiary/aromatic N) is 4. The quantitative estimate of drug-likeness (QED) is 0.850. The van der Waals surface area contributed by atoms with Crippen LogP contribution >= 0.6 is 11.6 Å². The number of hydrogen-bond donors (Lipinski definition) is 1. The molecule has 0 radical (unpaired) electrons. The highest BCUT2D eigenvalue weighted by atomic mass is 35.5. The molecule has 2 amide bonds. The Balaban J connectivity index is 1.44. The number of aromatic nitrogens is 3. The first-order valence-electron chi connectivity index (χ1n) is 8.06. The number of fused-ring (bicyclic) bond motifs is 1. The van der Waals surface area contributed by atoms with Crippen molar-refractivity contribution in [3.8, 4) is 5.69 Å². The summed E-state index contributed by atoms with van der Waals surface area (Å²) in [6.45, 7) is 1.65. The molecule has 1 aliphatic heterocycles.